The first-order valence-corrected chi connectivity index (χ1v) is 6.30. The topological polar surface area (TPSA) is 67.0 Å². The number of ether oxygens (including phenoxy) is 1. The second-order valence-corrected chi connectivity index (χ2v) is 4.63. The number of nitrogens with one attached hydrogen (secondary N) is 2. The zero-order valence-electron chi connectivity index (χ0n) is 10.4. The third kappa shape index (κ3) is 2.59. The normalized spacial score (nSPS) is 18.3. The van der Waals surface area contributed by atoms with Crippen molar-refractivity contribution in [3.05, 3.63) is 47.7 Å². The molecule has 3 rings (SSSR count). The Labute approximate surface area is 111 Å². The standard InChI is InChI=1S/C14H15N3O2/c18-13-6-11(7-15-13)12-8-16-17-14(12)19-9-10-4-2-1-3-5-10/h1-5,8,11H,6-7,9H2,(H,15,18)(H,16,17). The Morgan fingerprint density at radius 1 is 1.32 bits per heavy atom. The number of rotatable bonds is 4. The molecule has 98 valence electrons. The van der Waals surface area contributed by atoms with Crippen molar-refractivity contribution in [2.45, 2.75) is 18.9 Å². The van der Waals surface area contributed by atoms with Gasteiger partial charge in [0, 0.05) is 30.6 Å². The summed E-state index contributed by atoms with van der Waals surface area (Å²) in [6, 6.07) is 9.94. The van der Waals surface area contributed by atoms with E-state index in [9.17, 15) is 4.79 Å². The molecule has 0 spiro atoms. The summed E-state index contributed by atoms with van der Waals surface area (Å²) in [6.07, 6.45) is 2.31. The minimum atomic E-state index is 0.0835. The third-order valence-electron chi connectivity index (χ3n) is 3.27. The van der Waals surface area contributed by atoms with Gasteiger partial charge in [0.15, 0.2) is 0 Å². The van der Waals surface area contributed by atoms with Crippen molar-refractivity contribution >= 4 is 5.91 Å². The lowest BCUT2D eigenvalue weighted by molar-refractivity contribution is -0.119. The molecule has 1 aromatic heterocycles. The molecule has 2 heterocycles. The molecule has 1 atom stereocenters. The molecule has 2 aromatic rings. The van der Waals surface area contributed by atoms with Gasteiger partial charge in [0.1, 0.15) is 6.61 Å². The lowest BCUT2D eigenvalue weighted by atomic mass is 10.0. The predicted octanol–water partition coefficient (Wildman–Crippen LogP) is 1.59. The largest absolute Gasteiger partial charge is 0.472 e. The van der Waals surface area contributed by atoms with Crippen LogP contribution in [0.5, 0.6) is 5.88 Å². The number of amides is 1. The molecule has 1 fully saturated rings. The highest BCUT2D eigenvalue weighted by Crippen LogP contribution is 2.29. The van der Waals surface area contributed by atoms with Gasteiger partial charge in [-0.05, 0) is 5.56 Å². The number of aromatic nitrogens is 2. The maximum Gasteiger partial charge on any atom is 0.236 e. The van der Waals surface area contributed by atoms with Crippen molar-refractivity contribution in [1.29, 1.82) is 0 Å². The summed E-state index contributed by atoms with van der Waals surface area (Å²) in [6.45, 7) is 1.13. The van der Waals surface area contributed by atoms with Crippen LogP contribution in [0.4, 0.5) is 0 Å². The van der Waals surface area contributed by atoms with Crippen molar-refractivity contribution in [3.63, 3.8) is 0 Å². The van der Waals surface area contributed by atoms with Gasteiger partial charge in [-0.3, -0.25) is 9.89 Å². The lowest BCUT2D eigenvalue weighted by Gasteiger charge is -2.09. The van der Waals surface area contributed by atoms with Crippen molar-refractivity contribution in [3.8, 4) is 5.88 Å². The van der Waals surface area contributed by atoms with Crippen LogP contribution >= 0.6 is 0 Å². The molecule has 5 nitrogen and oxygen atoms in total. The summed E-state index contributed by atoms with van der Waals surface area (Å²) in [7, 11) is 0. The SMILES string of the molecule is O=C1CC(c2c[nH]nc2OCc2ccccc2)CN1. The molecule has 19 heavy (non-hydrogen) atoms. The van der Waals surface area contributed by atoms with Crippen LogP contribution in [-0.4, -0.2) is 22.6 Å². The van der Waals surface area contributed by atoms with Crippen molar-refractivity contribution in [1.82, 2.24) is 15.5 Å². The Kier molecular flexibility index (Phi) is 3.18. The molecule has 1 unspecified atom stereocenters. The van der Waals surface area contributed by atoms with Gasteiger partial charge in [-0.15, -0.1) is 5.10 Å². The highest BCUT2D eigenvalue weighted by molar-refractivity contribution is 5.79. The smallest absolute Gasteiger partial charge is 0.236 e. The van der Waals surface area contributed by atoms with E-state index in [0.29, 0.717) is 25.5 Å². The van der Waals surface area contributed by atoms with Crippen molar-refractivity contribution in [2.24, 2.45) is 0 Å². The lowest BCUT2D eigenvalue weighted by Crippen LogP contribution is -2.13. The van der Waals surface area contributed by atoms with Gasteiger partial charge in [-0.25, -0.2) is 0 Å². The summed E-state index contributed by atoms with van der Waals surface area (Å²) >= 11 is 0. The minimum absolute atomic E-state index is 0.0835. The van der Waals surface area contributed by atoms with E-state index < -0.39 is 0 Å². The Hall–Kier alpha value is -2.30. The highest BCUT2D eigenvalue weighted by Gasteiger charge is 2.27. The first-order valence-electron chi connectivity index (χ1n) is 6.30. The maximum absolute atomic E-state index is 11.3. The molecule has 1 aliphatic rings. The summed E-state index contributed by atoms with van der Waals surface area (Å²) in [4.78, 5) is 11.3. The first-order chi connectivity index (χ1) is 9.33. The average molecular weight is 257 g/mol. The second-order valence-electron chi connectivity index (χ2n) is 4.63. The number of H-pyrrole nitrogens is 1. The molecule has 0 radical (unpaired) electrons. The van der Waals surface area contributed by atoms with E-state index in [1.165, 1.54) is 0 Å². The number of nitrogens with zero attached hydrogens (tertiary/aromatic N) is 1. The summed E-state index contributed by atoms with van der Waals surface area (Å²) in [5.74, 6) is 0.822. The van der Waals surface area contributed by atoms with Crippen molar-refractivity contribution < 1.29 is 9.53 Å². The van der Waals surface area contributed by atoms with Gasteiger partial charge >= 0.3 is 0 Å². The molecular weight excluding hydrogens is 242 g/mol. The van der Waals surface area contributed by atoms with Gasteiger partial charge in [-0.1, -0.05) is 30.3 Å². The zero-order valence-corrected chi connectivity index (χ0v) is 10.4. The van der Waals surface area contributed by atoms with Crippen LogP contribution in [0.25, 0.3) is 0 Å². The first kappa shape index (κ1) is 11.8. The monoisotopic (exact) mass is 257 g/mol. The molecule has 0 saturated carbocycles. The van der Waals surface area contributed by atoms with Gasteiger partial charge in [0.2, 0.25) is 11.8 Å². The van der Waals surface area contributed by atoms with Gasteiger partial charge in [0.25, 0.3) is 0 Å². The van der Waals surface area contributed by atoms with E-state index in [2.05, 4.69) is 15.5 Å². The van der Waals surface area contributed by atoms with Crippen LogP contribution in [0.1, 0.15) is 23.5 Å². The number of benzene rings is 1. The molecular formula is C14H15N3O2. The molecule has 1 amide bonds. The molecule has 5 heteroatoms. The molecule has 1 aromatic carbocycles. The quantitative estimate of drug-likeness (QED) is 0.874. The summed E-state index contributed by atoms with van der Waals surface area (Å²) < 4.78 is 5.73. The van der Waals surface area contributed by atoms with Crippen LogP contribution < -0.4 is 10.1 Å². The average Bonchev–Trinajstić information content (AvgIpc) is 3.06. The summed E-state index contributed by atoms with van der Waals surface area (Å²) in [5, 5.41) is 9.75. The summed E-state index contributed by atoms with van der Waals surface area (Å²) in [5.41, 5.74) is 2.06. The number of aromatic amines is 1. The van der Waals surface area contributed by atoms with E-state index in [4.69, 9.17) is 4.74 Å². The maximum atomic E-state index is 11.3. The van der Waals surface area contributed by atoms with E-state index in [1.54, 1.807) is 0 Å². The number of hydrogen-bond acceptors (Lipinski definition) is 3. The van der Waals surface area contributed by atoms with Crippen LogP contribution in [0.3, 0.4) is 0 Å². The minimum Gasteiger partial charge on any atom is -0.472 e. The number of carbonyl (C=O) groups excluding carboxylic acids is 1. The number of hydrogen-bond donors (Lipinski definition) is 2. The molecule has 1 aliphatic heterocycles. The molecule has 1 saturated heterocycles. The second kappa shape index (κ2) is 5.14. The van der Waals surface area contributed by atoms with Crippen LogP contribution in [0, 0.1) is 0 Å². The Morgan fingerprint density at radius 2 is 2.16 bits per heavy atom. The molecule has 0 bridgehead atoms. The van der Waals surface area contributed by atoms with E-state index in [0.717, 1.165) is 11.1 Å². The fourth-order valence-electron chi connectivity index (χ4n) is 2.25. The predicted molar refractivity (Wildman–Crippen MR) is 69.7 cm³/mol. The Bertz CT molecular complexity index is 565. The van der Waals surface area contributed by atoms with Crippen LogP contribution in [0.2, 0.25) is 0 Å². The van der Waals surface area contributed by atoms with Crippen LogP contribution in [0.15, 0.2) is 36.5 Å². The van der Waals surface area contributed by atoms with Crippen LogP contribution in [-0.2, 0) is 11.4 Å². The molecule has 0 aliphatic carbocycles. The van der Waals surface area contributed by atoms with E-state index in [-0.39, 0.29) is 11.8 Å². The Morgan fingerprint density at radius 3 is 2.89 bits per heavy atom. The molecule has 2 N–H and O–H groups in total. The van der Waals surface area contributed by atoms with E-state index >= 15 is 0 Å². The zero-order chi connectivity index (χ0) is 13.1. The van der Waals surface area contributed by atoms with Gasteiger partial charge < -0.3 is 10.1 Å². The van der Waals surface area contributed by atoms with Gasteiger partial charge in [0.05, 0.1) is 0 Å². The van der Waals surface area contributed by atoms with Crippen molar-refractivity contribution in [2.75, 3.05) is 6.54 Å². The van der Waals surface area contributed by atoms with E-state index in [1.807, 2.05) is 36.5 Å². The third-order valence-corrected chi connectivity index (χ3v) is 3.27. The van der Waals surface area contributed by atoms with Gasteiger partial charge in [-0.2, -0.15) is 0 Å². The number of carbonyl (C=O) groups is 1. The fraction of sp³-hybridized carbons (Fsp3) is 0.286. The Balaban J connectivity index is 1.69. The fourth-order valence-corrected chi connectivity index (χ4v) is 2.25. The highest BCUT2D eigenvalue weighted by atomic mass is 16.5.